The Labute approximate surface area is 190 Å². The van der Waals surface area contributed by atoms with E-state index in [-0.39, 0.29) is 23.5 Å². The van der Waals surface area contributed by atoms with Crippen LogP contribution in [0.25, 0.3) is 0 Å². The molecule has 5 nitrogen and oxygen atoms in total. The van der Waals surface area contributed by atoms with Gasteiger partial charge in [0.15, 0.2) is 0 Å². The topological polar surface area (TPSA) is 52.7 Å². The molecule has 1 N–H and O–H groups in total. The fourth-order valence-electron chi connectivity index (χ4n) is 4.00. The van der Waals surface area contributed by atoms with E-state index in [4.69, 9.17) is 0 Å². The summed E-state index contributed by atoms with van der Waals surface area (Å²) in [5.74, 6) is -0.0907. The Bertz CT molecular complexity index is 892. The molecule has 6 heteroatoms. The number of hydrogen-bond donors (Lipinski definition) is 1. The summed E-state index contributed by atoms with van der Waals surface area (Å²) in [7, 11) is 0. The minimum Gasteiger partial charge on any atom is -0.355 e. The van der Waals surface area contributed by atoms with Crippen molar-refractivity contribution in [3.05, 3.63) is 65.5 Å². The molecule has 0 bridgehead atoms. The summed E-state index contributed by atoms with van der Waals surface area (Å²) in [5.41, 5.74) is 2.39. The molecule has 0 saturated carbocycles. The Morgan fingerprint density at radius 1 is 1.06 bits per heavy atom. The molecule has 1 saturated heterocycles. The van der Waals surface area contributed by atoms with Gasteiger partial charge in [-0.25, -0.2) is 4.39 Å². The molecule has 1 aliphatic heterocycles. The minimum absolute atomic E-state index is 0.00309. The average Bonchev–Trinajstić information content (AvgIpc) is 3.26. The first-order valence-electron chi connectivity index (χ1n) is 11.5. The van der Waals surface area contributed by atoms with Gasteiger partial charge in [-0.2, -0.15) is 0 Å². The van der Waals surface area contributed by atoms with Crippen LogP contribution in [0.2, 0.25) is 0 Å². The van der Waals surface area contributed by atoms with E-state index in [1.54, 1.807) is 11.0 Å². The normalized spacial score (nSPS) is 14.0. The van der Waals surface area contributed by atoms with Crippen LogP contribution in [0.4, 0.5) is 10.1 Å². The summed E-state index contributed by atoms with van der Waals surface area (Å²) in [6.07, 6.45) is 3.22. The van der Waals surface area contributed by atoms with Crippen molar-refractivity contribution in [3.63, 3.8) is 0 Å². The molecule has 1 fully saturated rings. The van der Waals surface area contributed by atoms with Gasteiger partial charge in [-0.1, -0.05) is 38.1 Å². The van der Waals surface area contributed by atoms with Gasteiger partial charge in [0.2, 0.25) is 11.8 Å². The van der Waals surface area contributed by atoms with Crippen molar-refractivity contribution in [1.82, 2.24) is 10.2 Å². The molecular formula is C26H34FN3O2. The van der Waals surface area contributed by atoms with Gasteiger partial charge in [-0.3, -0.25) is 9.59 Å². The van der Waals surface area contributed by atoms with Crippen molar-refractivity contribution < 1.29 is 14.0 Å². The number of halogens is 1. The number of nitrogens with one attached hydrogen (secondary N) is 1. The van der Waals surface area contributed by atoms with Gasteiger partial charge < -0.3 is 15.1 Å². The second-order valence-electron chi connectivity index (χ2n) is 8.95. The number of amides is 2. The van der Waals surface area contributed by atoms with Crippen molar-refractivity contribution in [2.75, 3.05) is 31.1 Å². The van der Waals surface area contributed by atoms with Crippen LogP contribution in [-0.4, -0.2) is 42.9 Å². The Balaban J connectivity index is 1.61. The SMILES string of the molecule is CC(C)CC(=O)N(Cc1cccc(F)c1)c1ccc(CC(=O)NCCN2CCCC2)cc1. The third-order valence-corrected chi connectivity index (χ3v) is 5.68. The molecule has 0 radical (unpaired) electrons. The maximum absolute atomic E-state index is 13.6. The maximum Gasteiger partial charge on any atom is 0.227 e. The Morgan fingerprint density at radius 2 is 1.78 bits per heavy atom. The van der Waals surface area contributed by atoms with Crippen LogP contribution >= 0.6 is 0 Å². The smallest absolute Gasteiger partial charge is 0.227 e. The molecule has 1 aliphatic rings. The molecule has 3 rings (SSSR count). The number of hydrogen-bond acceptors (Lipinski definition) is 3. The number of benzene rings is 2. The summed E-state index contributed by atoms with van der Waals surface area (Å²) in [6, 6.07) is 13.8. The number of carbonyl (C=O) groups excluding carboxylic acids is 2. The standard InChI is InChI=1S/C26H34FN3O2/c1-20(2)16-26(32)30(19-22-6-5-7-23(27)17-22)24-10-8-21(9-11-24)18-25(31)28-12-15-29-13-3-4-14-29/h5-11,17,20H,3-4,12-16,18-19H2,1-2H3,(H,28,31). The highest BCUT2D eigenvalue weighted by Crippen LogP contribution is 2.21. The zero-order valence-corrected chi connectivity index (χ0v) is 19.1. The van der Waals surface area contributed by atoms with E-state index in [0.717, 1.165) is 36.4 Å². The first-order valence-corrected chi connectivity index (χ1v) is 11.5. The first-order chi connectivity index (χ1) is 15.4. The lowest BCUT2D eigenvalue weighted by Crippen LogP contribution is -2.34. The van der Waals surface area contributed by atoms with Gasteiger partial charge in [0.1, 0.15) is 5.82 Å². The molecule has 1 heterocycles. The number of likely N-dealkylation sites (tertiary alicyclic amines) is 1. The monoisotopic (exact) mass is 439 g/mol. The Kier molecular flexibility index (Phi) is 8.80. The molecule has 2 aromatic carbocycles. The van der Waals surface area contributed by atoms with Crippen LogP contribution < -0.4 is 10.2 Å². The van der Waals surface area contributed by atoms with Gasteiger partial charge in [0, 0.05) is 25.2 Å². The molecule has 0 aliphatic carbocycles. The van der Waals surface area contributed by atoms with Crippen molar-refractivity contribution in [3.8, 4) is 0 Å². The van der Waals surface area contributed by atoms with E-state index in [1.807, 2.05) is 44.2 Å². The zero-order chi connectivity index (χ0) is 22.9. The van der Waals surface area contributed by atoms with Gasteiger partial charge in [0.05, 0.1) is 13.0 Å². The third-order valence-electron chi connectivity index (χ3n) is 5.68. The molecular weight excluding hydrogens is 405 g/mol. The predicted molar refractivity (Wildman–Crippen MR) is 126 cm³/mol. The summed E-state index contributed by atoms with van der Waals surface area (Å²) < 4.78 is 13.6. The Hall–Kier alpha value is -2.73. The van der Waals surface area contributed by atoms with E-state index in [2.05, 4.69) is 10.2 Å². The molecule has 0 aromatic heterocycles. The third kappa shape index (κ3) is 7.45. The van der Waals surface area contributed by atoms with Gasteiger partial charge in [-0.05, 0) is 67.2 Å². The fourth-order valence-corrected chi connectivity index (χ4v) is 4.00. The lowest BCUT2D eigenvalue weighted by atomic mass is 10.1. The van der Waals surface area contributed by atoms with E-state index in [9.17, 15) is 14.0 Å². The number of rotatable bonds is 10. The van der Waals surface area contributed by atoms with Crippen LogP contribution in [0.3, 0.4) is 0 Å². The van der Waals surface area contributed by atoms with E-state index in [1.165, 1.54) is 25.0 Å². The molecule has 0 spiro atoms. The van der Waals surface area contributed by atoms with Gasteiger partial charge in [-0.15, -0.1) is 0 Å². The molecule has 0 unspecified atom stereocenters. The zero-order valence-electron chi connectivity index (χ0n) is 19.1. The molecule has 2 aromatic rings. The number of nitrogens with zero attached hydrogens (tertiary/aromatic N) is 2. The molecule has 0 atom stereocenters. The number of carbonyl (C=O) groups is 2. The maximum atomic E-state index is 13.6. The highest BCUT2D eigenvalue weighted by Gasteiger charge is 2.18. The lowest BCUT2D eigenvalue weighted by Gasteiger charge is -2.24. The van der Waals surface area contributed by atoms with Crippen molar-refractivity contribution in [1.29, 1.82) is 0 Å². The van der Waals surface area contributed by atoms with Crippen LogP contribution in [-0.2, 0) is 22.6 Å². The Morgan fingerprint density at radius 3 is 2.44 bits per heavy atom. The van der Waals surface area contributed by atoms with E-state index in [0.29, 0.717) is 25.9 Å². The highest BCUT2D eigenvalue weighted by molar-refractivity contribution is 5.93. The van der Waals surface area contributed by atoms with Crippen LogP contribution in [0, 0.1) is 11.7 Å². The summed E-state index contributed by atoms with van der Waals surface area (Å²) in [5, 5.41) is 2.99. The first kappa shape index (κ1) is 23.9. The molecule has 2 amide bonds. The van der Waals surface area contributed by atoms with E-state index >= 15 is 0 Å². The van der Waals surface area contributed by atoms with Crippen LogP contribution in [0.5, 0.6) is 0 Å². The number of anilines is 1. The van der Waals surface area contributed by atoms with Gasteiger partial charge in [0.25, 0.3) is 0 Å². The average molecular weight is 440 g/mol. The summed E-state index contributed by atoms with van der Waals surface area (Å²) >= 11 is 0. The summed E-state index contributed by atoms with van der Waals surface area (Å²) in [4.78, 5) is 29.2. The largest absolute Gasteiger partial charge is 0.355 e. The molecule has 32 heavy (non-hydrogen) atoms. The van der Waals surface area contributed by atoms with Crippen LogP contribution in [0.15, 0.2) is 48.5 Å². The predicted octanol–water partition coefficient (Wildman–Crippen LogP) is 4.16. The highest BCUT2D eigenvalue weighted by atomic mass is 19.1. The second kappa shape index (κ2) is 11.8. The van der Waals surface area contributed by atoms with Crippen molar-refractivity contribution in [2.24, 2.45) is 5.92 Å². The fraction of sp³-hybridized carbons (Fsp3) is 0.462. The molecule has 172 valence electrons. The quantitative estimate of drug-likeness (QED) is 0.605. The summed E-state index contributed by atoms with van der Waals surface area (Å²) in [6.45, 7) is 8.13. The minimum atomic E-state index is -0.315. The van der Waals surface area contributed by atoms with Crippen molar-refractivity contribution >= 4 is 17.5 Å². The van der Waals surface area contributed by atoms with Gasteiger partial charge >= 0.3 is 0 Å². The second-order valence-corrected chi connectivity index (χ2v) is 8.95. The van der Waals surface area contributed by atoms with E-state index < -0.39 is 0 Å². The van der Waals surface area contributed by atoms with Crippen molar-refractivity contribution in [2.45, 2.75) is 46.1 Å². The van der Waals surface area contributed by atoms with Crippen LogP contribution in [0.1, 0.15) is 44.2 Å². The lowest BCUT2D eigenvalue weighted by molar-refractivity contribution is -0.121.